The van der Waals surface area contributed by atoms with Crippen LogP contribution in [0.2, 0.25) is 0 Å². The first-order chi connectivity index (χ1) is 7.97. The highest BCUT2D eigenvalue weighted by Crippen LogP contribution is 2.19. The number of hydrogen-bond donors (Lipinski definition) is 1. The van der Waals surface area contributed by atoms with Gasteiger partial charge in [-0.05, 0) is 24.2 Å². The average Bonchev–Trinajstić information content (AvgIpc) is 2.32. The van der Waals surface area contributed by atoms with Crippen LogP contribution in [0.15, 0.2) is 25.3 Å². The summed E-state index contributed by atoms with van der Waals surface area (Å²) in [7, 11) is 0. The Morgan fingerprint density at radius 3 is 2.00 bits per heavy atom. The Labute approximate surface area is 108 Å². The summed E-state index contributed by atoms with van der Waals surface area (Å²) >= 11 is 0. The third kappa shape index (κ3) is 5.54. The van der Waals surface area contributed by atoms with E-state index in [1.165, 1.54) is 12.8 Å². The van der Waals surface area contributed by atoms with Crippen molar-refractivity contribution in [2.75, 3.05) is 0 Å². The van der Waals surface area contributed by atoms with Gasteiger partial charge in [0.15, 0.2) is 0 Å². The summed E-state index contributed by atoms with van der Waals surface area (Å²) in [4.78, 5) is 0. The molecule has 1 N–H and O–H groups in total. The highest BCUT2D eigenvalue weighted by atomic mass is 15.0. The molecule has 0 heterocycles. The van der Waals surface area contributed by atoms with E-state index in [1.54, 1.807) is 0 Å². The summed E-state index contributed by atoms with van der Waals surface area (Å²) in [5, 5.41) is 3.75. The van der Waals surface area contributed by atoms with E-state index in [0.717, 1.165) is 0 Å². The summed E-state index contributed by atoms with van der Waals surface area (Å²) < 4.78 is 0. The first-order valence-electron chi connectivity index (χ1n) is 6.99. The van der Waals surface area contributed by atoms with Crippen LogP contribution in [0.1, 0.15) is 47.5 Å². The van der Waals surface area contributed by atoms with Gasteiger partial charge in [0.25, 0.3) is 0 Å². The van der Waals surface area contributed by atoms with Gasteiger partial charge in [-0.2, -0.15) is 0 Å². The first kappa shape index (κ1) is 16.4. The van der Waals surface area contributed by atoms with E-state index < -0.39 is 0 Å². The van der Waals surface area contributed by atoms with Gasteiger partial charge in [0.2, 0.25) is 0 Å². The average molecular weight is 237 g/mol. The second-order valence-electron chi connectivity index (χ2n) is 5.52. The molecule has 0 saturated heterocycles. The zero-order chi connectivity index (χ0) is 13.4. The van der Waals surface area contributed by atoms with E-state index in [2.05, 4.69) is 59.2 Å². The molecule has 1 heteroatoms. The van der Waals surface area contributed by atoms with Crippen molar-refractivity contribution in [3.63, 3.8) is 0 Å². The minimum atomic E-state index is 0.397. The molecule has 0 saturated carbocycles. The van der Waals surface area contributed by atoms with Gasteiger partial charge in [0.1, 0.15) is 0 Å². The van der Waals surface area contributed by atoms with Gasteiger partial charge in [-0.25, -0.2) is 0 Å². The number of rotatable bonds is 9. The molecule has 0 aliphatic heterocycles. The van der Waals surface area contributed by atoms with Crippen LogP contribution in [0.25, 0.3) is 0 Å². The van der Waals surface area contributed by atoms with Gasteiger partial charge in [0, 0.05) is 12.1 Å². The van der Waals surface area contributed by atoms with Crippen LogP contribution in [-0.4, -0.2) is 12.1 Å². The van der Waals surface area contributed by atoms with Gasteiger partial charge in [0.05, 0.1) is 0 Å². The first-order valence-corrected chi connectivity index (χ1v) is 6.99. The van der Waals surface area contributed by atoms with Crippen molar-refractivity contribution in [1.82, 2.24) is 5.32 Å². The van der Waals surface area contributed by atoms with E-state index in [0.29, 0.717) is 29.8 Å². The number of nitrogens with one attached hydrogen (secondary N) is 1. The fraction of sp³-hybridized carbons (Fsp3) is 0.750. The Bertz CT molecular complexity index is 220. The molecule has 0 bridgehead atoms. The predicted molar refractivity (Wildman–Crippen MR) is 79.2 cm³/mol. The molecule has 0 aromatic rings. The minimum absolute atomic E-state index is 0.397. The molecule has 0 amide bonds. The summed E-state index contributed by atoms with van der Waals surface area (Å²) in [6, 6.07) is 0.913. The van der Waals surface area contributed by atoms with E-state index in [1.807, 2.05) is 6.08 Å². The maximum Gasteiger partial charge on any atom is 0.0278 e. The SMILES string of the molecule is C=CC(C)C(CCC)NC(C=C)C(C)C(C)C. The van der Waals surface area contributed by atoms with Crippen molar-refractivity contribution in [2.24, 2.45) is 17.8 Å². The van der Waals surface area contributed by atoms with Gasteiger partial charge in [-0.3, -0.25) is 0 Å². The normalized spacial score (nSPS) is 18.5. The van der Waals surface area contributed by atoms with E-state index in [9.17, 15) is 0 Å². The Morgan fingerprint density at radius 2 is 1.65 bits per heavy atom. The molecular formula is C16H31N. The predicted octanol–water partition coefficient (Wildman–Crippen LogP) is 4.41. The highest BCUT2D eigenvalue weighted by molar-refractivity contribution is 4.95. The third-order valence-electron chi connectivity index (χ3n) is 3.88. The van der Waals surface area contributed by atoms with Gasteiger partial charge < -0.3 is 5.32 Å². The lowest BCUT2D eigenvalue weighted by atomic mass is 9.88. The molecule has 0 spiro atoms. The lowest BCUT2D eigenvalue weighted by Crippen LogP contribution is -2.44. The molecular weight excluding hydrogens is 206 g/mol. The standard InChI is InChI=1S/C16H31N/c1-8-11-16(13(6)9-2)17-15(10-3)14(7)12(4)5/h9-10,12-17H,2-3,8,11H2,1,4-7H3. The number of hydrogen-bond acceptors (Lipinski definition) is 1. The molecule has 0 fully saturated rings. The Hall–Kier alpha value is -0.560. The lowest BCUT2D eigenvalue weighted by Gasteiger charge is -2.32. The second-order valence-corrected chi connectivity index (χ2v) is 5.52. The van der Waals surface area contributed by atoms with Crippen LogP contribution in [0, 0.1) is 17.8 Å². The fourth-order valence-electron chi connectivity index (χ4n) is 2.07. The van der Waals surface area contributed by atoms with Crippen molar-refractivity contribution in [3.8, 4) is 0 Å². The largest absolute Gasteiger partial charge is 0.307 e. The Kier molecular flexibility index (Phi) is 8.24. The molecule has 0 aliphatic rings. The molecule has 4 unspecified atom stereocenters. The van der Waals surface area contributed by atoms with Crippen molar-refractivity contribution in [3.05, 3.63) is 25.3 Å². The van der Waals surface area contributed by atoms with Crippen molar-refractivity contribution >= 4 is 0 Å². The molecule has 0 aromatic carbocycles. The van der Waals surface area contributed by atoms with E-state index in [-0.39, 0.29) is 0 Å². The van der Waals surface area contributed by atoms with Gasteiger partial charge >= 0.3 is 0 Å². The fourth-order valence-corrected chi connectivity index (χ4v) is 2.07. The summed E-state index contributed by atoms with van der Waals surface area (Å²) in [5.74, 6) is 1.80. The zero-order valence-electron chi connectivity index (χ0n) is 12.4. The van der Waals surface area contributed by atoms with Crippen LogP contribution in [-0.2, 0) is 0 Å². The van der Waals surface area contributed by atoms with Gasteiger partial charge in [-0.15, -0.1) is 13.2 Å². The topological polar surface area (TPSA) is 12.0 Å². The summed E-state index contributed by atoms with van der Waals surface area (Å²) in [6.07, 6.45) is 6.51. The molecule has 1 nitrogen and oxygen atoms in total. The maximum atomic E-state index is 3.97. The maximum absolute atomic E-state index is 3.97. The smallest absolute Gasteiger partial charge is 0.0278 e. The van der Waals surface area contributed by atoms with Crippen molar-refractivity contribution < 1.29 is 0 Å². The van der Waals surface area contributed by atoms with E-state index >= 15 is 0 Å². The quantitative estimate of drug-likeness (QED) is 0.586. The summed E-state index contributed by atoms with van der Waals surface area (Å²) in [5.41, 5.74) is 0. The minimum Gasteiger partial charge on any atom is -0.307 e. The molecule has 4 atom stereocenters. The Morgan fingerprint density at radius 1 is 1.06 bits per heavy atom. The molecule has 100 valence electrons. The molecule has 0 aromatic heterocycles. The molecule has 0 rings (SSSR count). The van der Waals surface area contributed by atoms with E-state index in [4.69, 9.17) is 0 Å². The third-order valence-corrected chi connectivity index (χ3v) is 3.88. The molecule has 0 aliphatic carbocycles. The molecule has 0 radical (unpaired) electrons. The van der Waals surface area contributed by atoms with Crippen LogP contribution < -0.4 is 5.32 Å². The van der Waals surface area contributed by atoms with Gasteiger partial charge in [-0.1, -0.05) is 53.2 Å². The van der Waals surface area contributed by atoms with Crippen molar-refractivity contribution in [1.29, 1.82) is 0 Å². The lowest BCUT2D eigenvalue weighted by molar-refractivity contribution is 0.285. The van der Waals surface area contributed by atoms with Crippen LogP contribution >= 0.6 is 0 Å². The van der Waals surface area contributed by atoms with Crippen LogP contribution in [0.4, 0.5) is 0 Å². The monoisotopic (exact) mass is 237 g/mol. The highest BCUT2D eigenvalue weighted by Gasteiger charge is 2.22. The van der Waals surface area contributed by atoms with Crippen molar-refractivity contribution in [2.45, 2.75) is 59.5 Å². The molecule has 17 heavy (non-hydrogen) atoms. The van der Waals surface area contributed by atoms with Crippen LogP contribution in [0.5, 0.6) is 0 Å². The zero-order valence-corrected chi connectivity index (χ0v) is 12.4. The second kappa shape index (κ2) is 8.52. The summed E-state index contributed by atoms with van der Waals surface area (Å²) in [6.45, 7) is 19.2. The Balaban J connectivity index is 4.58. The van der Waals surface area contributed by atoms with Crippen LogP contribution in [0.3, 0.4) is 0 Å².